The molecular formula is C13H22O4. The molecule has 0 aromatic rings. The summed E-state index contributed by atoms with van der Waals surface area (Å²) in [6.07, 6.45) is 3.34. The first-order chi connectivity index (χ1) is 7.74. The number of allylic oxidation sites excluding steroid dienone is 2. The summed E-state index contributed by atoms with van der Waals surface area (Å²) in [5.74, 6) is -1.06. The summed E-state index contributed by atoms with van der Waals surface area (Å²) in [6.45, 7) is 7.33. The average Bonchev–Trinajstić information content (AvgIpc) is 2.14. The fourth-order valence-electron chi connectivity index (χ4n) is 1.34. The first-order valence-electron chi connectivity index (χ1n) is 5.82. The molecule has 0 fully saturated rings. The van der Waals surface area contributed by atoms with Crippen LogP contribution in [0, 0.1) is 0 Å². The maximum atomic E-state index is 11.5. The van der Waals surface area contributed by atoms with Gasteiger partial charge in [-0.15, -0.1) is 0 Å². The van der Waals surface area contributed by atoms with Crippen molar-refractivity contribution in [2.75, 3.05) is 0 Å². The summed E-state index contributed by atoms with van der Waals surface area (Å²) in [7, 11) is 0. The van der Waals surface area contributed by atoms with Crippen LogP contribution in [-0.4, -0.2) is 22.6 Å². The maximum Gasteiger partial charge on any atom is 0.306 e. The Kier molecular flexibility index (Phi) is 6.54. The zero-order chi connectivity index (χ0) is 13.5. The first kappa shape index (κ1) is 15.7. The van der Waals surface area contributed by atoms with Gasteiger partial charge in [-0.2, -0.15) is 0 Å². The summed E-state index contributed by atoms with van der Waals surface area (Å²) in [5.41, 5.74) is 0.520. The molecule has 0 unspecified atom stereocenters. The third kappa shape index (κ3) is 9.60. The molecule has 0 rings (SSSR count). The van der Waals surface area contributed by atoms with Crippen LogP contribution in [0.25, 0.3) is 0 Å². The number of hydrogen-bond donors (Lipinski definition) is 1. The van der Waals surface area contributed by atoms with Crippen molar-refractivity contribution < 1.29 is 19.4 Å². The van der Waals surface area contributed by atoms with Gasteiger partial charge in [0.05, 0.1) is 0 Å². The molecule has 1 N–H and O–H groups in total. The zero-order valence-electron chi connectivity index (χ0n) is 11.1. The van der Waals surface area contributed by atoms with E-state index in [0.29, 0.717) is 19.3 Å². The second-order valence-electron chi connectivity index (χ2n) is 4.93. The van der Waals surface area contributed by atoms with E-state index in [1.54, 1.807) is 0 Å². The Bertz CT molecular complexity index is 297. The van der Waals surface area contributed by atoms with Gasteiger partial charge in [0.2, 0.25) is 0 Å². The minimum Gasteiger partial charge on any atom is -0.481 e. The Morgan fingerprint density at radius 3 is 2.06 bits per heavy atom. The van der Waals surface area contributed by atoms with E-state index < -0.39 is 11.6 Å². The molecule has 0 aromatic carbocycles. The van der Waals surface area contributed by atoms with Crippen molar-refractivity contribution in [1.29, 1.82) is 0 Å². The Morgan fingerprint density at radius 2 is 1.65 bits per heavy atom. The van der Waals surface area contributed by atoms with Gasteiger partial charge in [-0.05, 0) is 40.5 Å². The van der Waals surface area contributed by atoms with E-state index in [1.807, 2.05) is 33.8 Å². The highest BCUT2D eigenvalue weighted by Gasteiger charge is 2.16. The molecular weight excluding hydrogens is 220 g/mol. The van der Waals surface area contributed by atoms with Crippen molar-refractivity contribution in [3.8, 4) is 0 Å². The molecule has 0 spiro atoms. The lowest BCUT2D eigenvalue weighted by Crippen LogP contribution is -2.23. The van der Waals surface area contributed by atoms with Crippen LogP contribution in [0.15, 0.2) is 11.6 Å². The highest BCUT2D eigenvalue weighted by molar-refractivity contribution is 5.70. The lowest BCUT2D eigenvalue weighted by molar-refractivity contribution is -0.154. The van der Waals surface area contributed by atoms with Crippen LogP contribution >= 0.6 is 0 Å². The minimum atomic E-state index is -0.818. The van der Waals surface area contributed by atoms with E-state index in [-0.39, 0.29) is 12.4 Å². The summed E-state index contributed by atoms with van der Waals surface area (Å²) in [5, 5.41) is 8.57. The largest absolute Gasteiger partial charge is 0.481 e. The molecule has 17 heavy (non-hydrogen) atoms. The van der Waals surface area contributed by atoms with Crippen LogP contribution in [0.5, 0.6) is 0 Å². The van der Waals surface area contributed by atoms with Crippen LogP contribution in [-0.2, 0) is 14.3 Å². The van der Waals surface area contributed by atoms with Gasteiger partial charge in [0, 0.05) is 12.8 Å². The Morgan fingerprint density at radius 1 is 1.12 bits per heavy atom. The quantitative estimate of drug-likeness (QED) is 0.574. The van der Waals surface area contributed by atoms with Gasteiger partial charge in [0.25, 0.3) is 0 Å². The van der Waals surface area contributed by atoms with Crippen molar-refractivity contribution in [3.63, 3.8) is 0 Å². The number of carbonyl (C=O) groups is 2. The monoisotopic (exact) mass is 242 g/mol. The van der Waals surface area contributed by atoms with E-state index >= 15 is 0 Å². The highest BCUT2D eigenvalue weighted by atomic mass is 16.6. The third-order valence-electron chi connectivity index (χ3n) is 2.14. The fourth-order valence-corrected chi connectivity index (χ4v) is 1.34. The number of carboxylic acid groups (broad SMARTS) is 1. The number of esters is 1. The summed E-state index contributed by atoms with van der Waals surface area (Å²) < 4.78 is 5.18. The normalized spacial score (nSPS) is 12.4. The molecule has 4 nitrogen and oxygen atoms in total. The molecule has 0 aliphatic rings. The molecule has 0 aromatic heterocycles. The average molecular weight is 242 g/mol. The zero-order valence-corrected chi connectivity index (χ0v) is 11.1. The Labute approximate surface area is 103 Å². The first-order valence-corrected chi connectivity index (χ1v) is 5.82. The fraction of sp³-hybridized carbons (Fsp3) is 0.692. The van der Waals surface area contributed by atoms with Gasteiger partial charge in [-0.1, -0.05) is 11.6 Å². The second kappa shape index (κ2) is 7.09. The highest BCUT2D eigenvalue weighted by Crippen LogP contribution is 2.15. The van der Waals surface area contributed by atoms with Crippen molar-refractivity contribution in [2.24, 2.45) is 0 Å². The molecule has 0 saturated heterocycles. The van der Waals surface area contributed by atoms with E-state index in [0.717, 1.165) is 5.57 Å². The van der Waals surface area contributed by atoms with Gasteiger partial charge in [0.1, 0.15) is 5.60 Å². The number of hydrogen-bond acceptors (Lipinski definition) is 3. The molecule has 0 radical (unpaired) electrons. The molecule has 0 bridgehead atoms. The van der Waals surface area contributed by atoms with Gasteiger partial charge < -0.3 is 9.84 Å². The van der Waals surface area contributed by atoms with Crippen LogP contribution in [0.4, 0.5) is 0 Å². The smallest absolute Gasteiger partial charge is 0.306 e. The van der Waals surface area contributed by atoms with E-state index in [1.165, 1.54) is 0 Å². The van der Waals surface area contributed by atoms with Crippen molar-refractivity contribution in [1.82, 2.24) is 0 Å². The molecule has 0 amide bonds. The van der Waals surface area contributed by atoms with Crippen LogP contribution < -0.4 is 0 Å². The molecule has 0 aliphatic carbocycles. The third-order valence-corrected chi connectivity index (χ3v) is 2.14. The van der Waals surface area contributed by atoms with E-state index in [9.17, 15) is 9.59 Å². The number of ether oxygens (including phenoxy) is 1. The topological polar surface area (TPSA) is 63.6 Å². The van der Waals surface area contributed by atoms with Crippen molar-refractivity contribution >= 4 is 11.9 Å². The number of aliphatic carboxylic acids is 1. The molecule has 0 saturated carbocycles. The molecule has 98 valence electrons. The summed E-state index contributed by atoms with van der Waals surface area (Å²) in [6, 6.07) is 0. The molecule has 0 atom stereocenters. The van der Waals surface area contributed by atoms with Gasteiger partial charge in [-0.25, -0.2) is 0 Å². The lowest BCUT2D eigenvalue weighted by atomic mass is 10.0. The van der Waals surface area contributed by atoms with Crippen molar-refractivity contribution in [3.05, 3.63) is 11.6 Å². The SMILES string of the molecule is C/C=C(/CCC(=O)O)CCC(=O)OC(C)(C)C. The minimum absolute atomic E-state index is 0.105. The number of carbonyl (C=O) groups excluding carboxylic acids is 1. The van der Waals surface area contributed by atoms with Crippen LogP contribution in [0.1, 0.15) is 53.4 Å². The summed E-state index contributed by atoms with van der Waals surface area (Å²) >= 11 is 0. The van der Waals surface area contributed by atoms with Crippen LogP contribution in [0.3, 0.4) is 0 Å². The summed E-state index contributed by atoms with van der Waals surface area (Å²) in [4.78, 5) is 21.9. The molecule has 0 heterocycles. The standard InChI is InChI=1S/C13H22O4/c1-5-10(6-8-11(14)15)7-9-12(16)17-13(2,3)4/h5H,6-9H2,1-4H3,(H,14,15)/b10-5-. The van der Waals surface area contributed by atoms with E-state index in [2.05, 4.69) is 0 Å². The maximum absolute atomic E-state index is 11.5. The van der Waals surface area contributed by atoms with Crippen LogP contribution in [0.2, 0.25) is 0 Å². The Hall–Kier alpha value is -1.32. The van der Waals surface area contributed by atoms with E-state index in [4.69, 9.17) is 9.84 Å². The predicted octanol–water partition coefficient (Wildman–Crippen LogP) is 2.92. The Balaban J connectivity index is 4.00. The second-order valence-corrected chi connectivity index (χ2v) is 4.93. The van der Waals surface area contributed by atoms with Gasteiger partial charge >= 0.3 is 11.9 Å². The molecule has 0 aliphatic heterocycles. The van der Waals surface area contributed by atoms with Crippen molar-refractivity contribution in [2.45, 2.75) is 59.0 Å². The molecule has 4 heteroatoms. The number of carboxylic acids is 1. The van der Waals surface area contributed by atoms with Gasteiger partial charge in [-0.3, -0.25) is 9.59 Å². The predicted molar refractivity (Wildman–Crippen MR) is 65.7 cm³/mol. The van der Waals surface area contributed by atoms with Gasteiger partial charge in [0.15, 0.2) is 0 Å². The number of rotatable bonds is 6. The lowest BCUT2D eigenvalue weighted by Gasteiger charge is -2.19.